The van der Waals surface area contributed by atoms with Crippen molar-refractivity contribution < 1.29 is 4.79 Å². The number of aromatic nitrogens is 2. The molecule has 15 heavy (non-hydrogen) atoms. The Morgan fingerprint density at radius 2 is 2.27 bits per heavy atom. The second kappa shape index (κ2) is 5.66. The molecule has 1 aromatic rings. The minimum absolute atomic E-state index is 0.0431. The van der Waals surface area contributed by atoms with E-state index in [9.17, 15) is 4.79 Å². The van der Waals surface area contributed by atoms with Crippen molar-refractivity contribution in [2.45, 2.75) is 26.7 Å². The summed E-state index contributed by atoms with van der Waals surface area (Å²) in [5.74, 6) is 0.923. The highest BCUT2D eigenvalue weighted by atomic mass is 35.5. The van der Waals surface area contributed by atoms with Gasteiger partial charge in [-0.15, -0.1) is 0 Å². The van der Waals surface area contributed by atoms with Crippen molar-refractivity contribution in [2.24, 2.45) is 5.92 Å². The van der Waals surface area contributed by atoms with Gasteiger partial charge in [-0.2, -0.15) is 0 Å². The Morgan fingerprint density at radius 3 is 2.87 bits per heavy atom. The summed E-state index contributed by atoms with van der Waals surface area (Å²) in [5.41, 5.74) is 0. The fraction of sp³-hybridized carbons (Fsp3) is 0.500. The number of hydrogen-bond donors (Lipinski definition) is 1. The van der Waals surface area contributed by atoms with Crippen LogP contribution in [0.1, 0.15) is 26.7 Å². The fourth-order valence-corrected chi connectivity index (χ4v) is 1.17. The normalized spacial score (nSPS) is 10.4. The van der Waals surface area contributed by atoms with E-state index < -0.39 is 0 Å². The molecule has 0 aliphatic carbocycles. The fourth-order valence-electron chi connectivity index (χ4n) is 1.03. The van der Waals surface area contributed by atoms with Gasteiger partial charge in [-0.05, 0) is 12.3 Å². The smallest absolute Gasteiger partial charge is 0.225 e. The van der Waals surface area contributed by atoms with E-state index in [1.807, 2.05) is 0 Å². The lowest BCUT2D eigenvalue weighted by Gasteiger charge is -2.05. The van der Waals surface area contributed by atoms with Crippen molar-refractivity contribution in [3.63, 3.8) is 0 Å². The minimum atomic E-state index is -0.0431. The molecule has 0 atom stereocenters. The van der Waals surface area contributed by atoms with Crippen LogP contribution in [0.2, 0.25) is 5.15 Å². The highest BCUT2D eigenvalue weighted by molar-refractivity contribution is 6.29. The maximum Gasteiger partial charge on any atom is 0.225 e. The van der Waals surface area contributed by atoms with Crippen LogP contribution in [0.25, 0.3) is 0 Å². The zero-order valence-electron chi connectivity index (χ0n) is 8.83. The topological polar surface area (TPSA) is 54.9 Å². The van der Waals surface area contributed by atoms with Crippen LogP contribution >= 0.6 is 11.6 Å². The molecule has 0 aromatic carbocycles. The summed E-state index contributed by atoms with van der Waals surface area (Å²) >= 11 is 5.65. The van der Waals surface area contributed by atoms with E-state index in [1.165, 1.54) is 12.4 Å². The molecule has 1 aromatic heterocycles. The van der Waals surface area contributed by atoms with Crippen LogP contribution in [0.4, 0.5) is 5.82 Å². The molecule has 4 nitrogen and oxygen atoms in total. The molecule has 0 unspecified atom stereocenters. The zero-order chi connectivity index (χ0) is 11.3. The molecule has 0 spiro atoms. The molecule has 1 rings (SSSR count). The van der Waals surface area contributed by atoms with Gasteiger partial charge in [-0.3, -0.25) is 4.79 Å². The summed E-state index contributed by atoms with van der Waals surface area (Å²) in [6.07, 6.45) is 2.68. The van der Waals surface area contributed by atoms with Crippen molar-refractivity contribution in [1.29, 1.82) is 0 Å². The monoisotopic (exact) mass is 227 g/mol. The maximum atomic E-state index is 11.4. The van der Waals surface area contributed by atoms with Gasteiger partial charge in [-0.25, -0.2) is 9.97 Å². The van der Waals surface area contributed by atoms with Gasteiger partial charge in [0.15, 0.2) is 0 Å². The first-order chi connectivity index (χ1) is 7.08. The molecule has 0 bridgehead atoms. The van der Waals surface area contributed by atoms with Crippen LogP contribution in [0.3, 0.4) is 0 Å². The molecule has 0 fully saturated rings. The Morgan fingerprint density at radius 1 is 1.53 bits per heavy atom. The Hall–Kier alpha value is -1.16. The second-order valence-electron chi connectivity index (χ2n) is 3.71. The van der Waals surface area contributed by atoms with E-state index in [2.05, 4.69) is 29.1 Å². The zero-order valence-corrected chi connectivity index (χ0v) is 9.58. The number of carbonyl (C=O) groups excluding carboxylic acids is 1. The van der Waals surface area contributed by atoms with Gasteiger partial charge in [0, 0.05) is 12.5 Å². The van der Waals surface area contributed by atoms with Crippen LogP contribution in [0.15, 0.2) is 12.4 Å². The Balaban J connectivity index is 2.44. The molecular formula is C10H14ClN3O. The van der Waals surface area contributed by atoms with Crippen LogP contribution < -0.4 is 5.32 Å². The standard InChI is InChI=1S/C10H14ClN3O/c1-7(2)3-4-10(15)14-9-5-8(11)12-6-13-9/h5-7H,3-4H2,1-2H3,(H,12,13,14,15). The van der Waals surface area contributed by atoms with E-state index in [4.69, 9.17) is 11.6 Å². The molecule has 1 amide bonds. The van der Waals surface area contributed by atoms with Crippen LogP contribution in [0, 0.1) is 5.92 Å². The van der Waals surface area contributed by atoms with Crippen molar-refractivity contribution in [2.75, 3.05) is 5.32 Å². The molecule has 0 aliphatic rings. The van der Waals surface area contributed by atoms with Crippen molar-refractivity contribution >= 4 is 23.3 Å². The summed E-state index contributed by atoms with van der Waals surface area (Å²) in [7, 11) is 0. The van der Waals surface area contributed by atoms with Gasteiger partial charge >= 0.3 is 0 Å². The highest BCUT2D eigenvalue weighted by Crippen LogP contribution is 2.10. The number of anilines is 1. The number of carbonyl (C=O) groups is 1. The average molecular weight is 228 g/mol. The first-order valence-electron chi connectivity index (χ1n) is 4.85. The van der Waals surface area contributed by atoms with Gasteiger partial charge < -0.3 is 5.32 Å². The molecule has 0 aliphatic heterocycles. The Labute approximate surface area is 94.1 Å². The molecule has 5 heteroatoms. The summed E-state index contributed by atoms with van der Waals surface area (Å²) in [6.45, 7) is 4.16. The highest BCUT2D eigenvalue weighted by Gasteiger charge is 2.05. The minimum Gasteiger partial charge on any atom is -0.311 e. The third-order valence-corrected chi connectivity index (χ3v) is 2.06. The number of amides is 1. The van der Waals surface area contributed by atoms with Crippen molar-refractivity contribution in [3.8, 4) is 0 Å². The third-order valence-electron chi connectivity index (χ3n) is 1.85. The van der Waals surface area contributed by atoms with Crippen LogP contribution in [-0.4, -0.2) is 15.9 Å². The van der Waals surface area contributed by atoms with Crippen LogP contribution in [0.5, 0.6) is 0 Å². The SMILES string of the molecule is CC(C)CCC(=O)Nc1cc(Cl)ncn1. The number of halogens is 1. The summed E-state index contributed by atoms with van der Waals surface area (Å²) in [5, 5.41) is 2.99. The summed E-state index contributed by atoms with van der Waals surface area (Å²) < 4.78 is 0. The van der Waals surface area contributed by atoms with E-state index in [-0.39, 0.29) is 5.91 Å². The van der Waals surface area contributed by atoms with E-state index in [1.54, 1.807) is 0 Å². The van der Waals surface area contributed by atoms with E-state index >= 15 is 0 Å². The molecule has 82 valence electrons. The van der Waals surface area contributed by atoms with Gasteiger partial charge in [-0.1, -0.05) is 25.4 Å². The predicted molar refractivity (Wildman–Crippen MR) is 59.7 cm³/mol. The first kappa shape index (κ1) is 11.9. The quantitative estimate of drug-likeness (QED) is 0.805. The number of hydrogen-bond acceptors (Lipinski definition) is 3. The first-order valence-corrected chi connectivity index (χ1v) is 5.23. The largest absolute Gasteiger partial charge is 0.311 e. The van der Waals surface area contributed by atoms with Crippen molar-refractivity contribution in [3.05, 3.63) is 17.5 Å². The average Bonchev–Trinajstić information content (AvgIpc) is 2.15. The van der Waals surface area contributed by atoms with Gasteiger partial charge in [0.2, 0.25) is 5.91 Å². The Kier molecular flexibility index (Phi) is 4.49. The molecule has 0 saturated carbocycles. The van der Waals surface area contributed by atoms with Gasteiger partial charge in [0.1, 0.15) is 17.3 Å². The van der Waals surface area contributed by atoms with Gasteiger partial charge in [0.25, 0.3) is 0 Å². The lowest BCUT2D eigenvalue weighted by molar-refractivity contribution is -0.116. The van der Waals surface area contributed by atoms with E-state index in [0.29, 0.717) is 23.3 Å². The summed E-state index contributed by atoms with van der Waals surface area (Å²) in [6, 6.07) is 1.52. The number of nitrogens with one attached hydrogen (secondary N) is 1. The number of rotatable bonds is 4. The van der Waals surface area contributed by atoms with Gasteiger partial charge in [0.05, 0.1) is 0 Å². The maximum absolute atomic E-state index is 11.4. The Bertz CT molecular complexity index is 341. The second-order valence-corrected chi connectivity index (χ2v) is 4.09. The molecule has 1 N–H and O–H groups in total. The third kappa shape index (κ3) is 4.74. The number of nitrogens with zero attached hydrogens (tertiary/aromatic N) is 2. The predicted octanol–water partition coefficient (Wildman–Crippen LogP) is 2.50. The van der Waals surface area contributed by atoms with E-state index in [0.717, 1.165) is 6.42 Å². The molecule has 0 saturated heterocycles. The van der Waals surface area contributed by atoms with Crippen LogP contribution in [-0.2, 0) is 4.79 Å². The lowest BCUT2D eigenvalue weighted by Crippen LogP contribution is -2.13. The molecule has 0 radical (unpaired) electrons. The summed E-state index contributed by atoms with van der Waals surface area (Å²) in [4.78, 5) is 19.0. The lowest BCUT2D eigenvalue weighted by atomic mass is 10.1. The molecule has 1 heterocycles. The van der Waals surface area contributed by atoms with Crippen molar-refractivity contribution in [1.82, 2.24) is 9.97 Å². The molecular weight excluding hydrogens is 214 g/mol.